The van der Waals surface area contributed by atoms with Crippen molar-refractivity contribution < 1.29 is 24.1 Å². The Hall–Kier alpha value is -2.57. The van der Waals surface area contributed by atoms with Gasteiger partial charge in [-0.05, 0) is 48.5 Å². The summed E-state index contributed by atoms with van der Waals surface area (Å²) >= 11 is 1.72. The van der Waals surface area contributed by atoms with Crippen molar-refractivity contribution in [3.8, 4) is 23.8 Å². The number of methoxy groups -OCH3 is 1. The smallest absolute Gasteiger partial charge is 0.237 e. The Morgan fingerprint density at radius 3 is 2.88 bits per heavy atom. The van der Waals surface area contributed by atoms with Gasteiger partial charge in [0.05, 0.1) is 32.4 Å². The van der Waals surface area contributed by atoms with Crippen LogP contribution < -0.4 is 9.47 Å². The number of fused-ring (bicyclic) bond motifs is 1. The van der Waals surface area contributed by atoms with E-state index < -0.39 is 6.10 Å². The lowest BCUT2D eigenvalue weighted by Gasteiger charge is -2.37. The van der Waals surface area contributed by atoms with E-state index in [4.69, 9.17) is 20.6 Å². The van der Waals surface area contributed by atoms with Crippen molar-refractivity contribution in [3.05, 3.63) is 46.2 Å². The maximum absolute atomic E-state index is 13.5. The van der Waals surface area contributed by atoms with Crippen LogP contribution in [0.3, 0.4) is 0 Å². The molecule has 8 heteroatoms. The summed E-state index contributed by atoms with van der Waals surface area (Å²) in [4.78, 5) is 18.7. The molecule has 0 aliphatic carbocycles. The second-order valence-corrected chi connectivity index (χ2v) is 9.22. The summed E-state index contributed by atoms with van der Waals surface area (Å²) in [5, 5.41) is 12.4. The number of rotatable bonds is 13. The molecule has 3 rings (SSSR count). The minimum absolute atomic E-state index is 0.0238. The number of carbonyl (C=O) groups is 1. The quantitative estimate of drug-likeness (QED) is 0.347. The van der Waals surface area contributed by atoms with Crippen molar-refractivity contribution in [2.24, 2.45) is 0 Å². The Kier molecular flexibility index (Phi) is 10.2. The average Bonchev–Trinajstić information content (AvgIpc) is 3.32. The average molecular weight is 487 g/mol. The van der Waals surface area contributed by atoms with Gasteiger partial charge in [0.15, 0.2) is 11.5 Å². The number of hydrogen-bond acceptors (Lipinski definition) is 7. The fourth-order valence-corrected chi connectivity index (χ4v) is 5.15. The van der Waals surface area contributed by atoms with E-state index in [1.165, 1.54) is 4.88 Å². The molecule has 0 radical (unpaired) electrons. The van der Waals surface area contributed by atoms with E-state index in [-0.39, 0.29) is 31.7 Å². The zero-order valence-corrected chi connectivity index (χ0v) is 20.8. The number of aliphatic hydroxyl groups excluding tert-OH is 1. The molecule has 7 nitrogen and oxygen atoms in total. The zero-order chi connectivity index (χ0) is 24.3. The zero-order valence-electron chi connectivity index (χ0n) is 19.9. The topological polar surface area (TPSA) is 71.5 Å². The van der Waals surface area contributed by atoms with Crippen molar-refractivity contribution in [1.29, 1.82) is 0 Å². The molecule has 1 amide bonds. The van der Waals surface area contributed by atoms with E-state index in [2.05, 4.69) is 24.3 Å². The summed E-state index contributed by atoms with van der Waals surface area (Å²) in [6.45, 7) is 4.63. The van der Waals surface area contributed by atoms with Gasteiger partial charge in [0, 0.05) is 18.0 Å². The number of para-hydroxylation sites is 2. The first kappa shape index (κ1) is 26.0. The number of nitrogens with zero attached hydrogens (tertiary/aromatic N) is 2. The molecule has 2 atom stereocenters. The van der Waals surface area contributed by atoms with Gasteiger partial charge in [-0.15, -0.1) is 17.8 Å². The Balaban J connectivity index is 1.69. The van der Waals surface area contributed by atoms with Gasteiger partial charge in [-0.3, -0.25) is 9.69 Å². The van der Waals surface area contributed by atoms with Gasteiger partial charge >= 0.3 is 0 Å². The van der Waals surface area contributed by atoms with Gasteiger partial charge in [-0.2, -0.15) is 0 Å². The maximum atomic E-state index is 13.5. The van der Waals surface area contributed by atoms with E-state index in [1.807, 2.05) is 34.1 Å². The Morgan fingerprint density at radius 2 is 2.15 bits per heavy atom. The molecular weight excluding hydrogens is 452 g/mol. The van der Waals surface area contributed by atoms with Gasteiger partial charge in [0.2, 0.25) is 5.91 Å². The standard InChI is InChI=1S/C26H34N2O5S/c1-4-12-27(16-20(29)18-32-14-5-2)17-26(30)28-13-10-25-21(11-15-34-25)22(28)19-33-24-9-7-6-8-23(24)31-3/h2,6-9,11,15,20,22,29H,4,10,12-14,16-19H2,1,3H3. The van der Waals surface area contributed by atoms with Crippen LogP contribution in [0.1, 0.15) is 29.8 Å². The maximum Gasteiger partial charge on any atom is 0.237 e. The molecule has 34 heavy (non-hydrogen) atoms. The fourth-order valence-electron chi connectivity index (χ4n) is 4.22. The number of hydrogen-bond donors (Lipinski definition) is 1. The number of ether oxygens (including phenoxy) is 3. The number of carbonyl (C=O) groups excluding carboxylic acids is 1. The van der Waals surface area contributed by atoms with Crippen LogP contribution in [-0.2, 0) is 16.0 Å². The highest BCUT2D eigenvalue weighted by Gasteiger charge is 2.33. The van der Waals surface area contributed by atoms with Gasteiger partial charge in [0.25, 0.3) is 0 Å². The van der Waals surface area contributed by atoms with Crippen molar-refractivity contribution in [1.82, 2.24) is 9.80 Å². The van der Waals surface area contributed by atoms with Gasteiger partial charge < -0.3 is 24.2 Å². The lowest BCUT2D eigenvalue weighted by molar-refractivity contribution is -0.136. The van der Waals surface area contributed by atoms with Crippen molar-refractivity contribution in [2.45, 2.75) is 31.9 Å². The highest BCUT2D eigenvalue weighted by molar-refractivity contribution is 7.10. The van der Waals surface area contributed by atoms with E-state index in [0.717, 1.165) is 18.4 Å². The predicted molar refractivity (Wildman–Crippen MR) is 133 cm³/mol. The van der Waals surface area contributed by atoms with Crippen molar-refractivity contribution in [3.63, 3.8) is 0 Å². The third-order valence-electron chi connectivity index (χ3n) is 5.74. The number of amides is 1. The Morgan fingerprint density at radius 1 is 1.35 bits per heavy atom. The van der Waals surface area contributed by atoms with Crippen LogP contribution in [0.5, 0.6) is 11.5 Å². The number of benzene rings is 1. The van der Waals surface area contributed by atoms with Crippen LogP contribution >= 0.6 is 11.3 Å². The second kappa shape index (κ2) is 13.4. The summed E-state index contributed by atoms with van der Waals surface area (Å²) < 4.78 is 16.8. The largest absolute Gasteiger partial charge is 0.493 e. The molecule has 2 aromatic rings. The highest BCUT2D eigenvalue weighted by atomic mass is 32.1. The summed E-state index contributed by atoms with van der Waals surface area (Å²) in [6, 6.07) is 9.43. The lowest BCUT2D eigenvalue weighted by atomic mass is 10.0. The fraction of sp³-hybridized carbons (Fsp3) is 0.500. The summed E-state index contributed by atoms with van der Waals surface area (Å²) in [6.07, 6.45) is 6.20. The molecule has 1 aromatic heterocycles. The molecule has 1 aromatic carbocycles. The van der Waals surface area contributed by atoms with Crippen LogP contribution in [0.4, 0.5) is 0 Å². The van der Waals surface area contributed by atoms with E-state index in [9.17, 15) is 9.90 Å². The summed E-state index contributed by atoms with van der Waals surface area (Å²) in [5.74, 6) is 3.73. The molecule has 0 saturated carbocycles. The Labute approximate surface area is 206 Å². The number of terminal acetylenes is 1. The minimum atomic E-state index is -0.706. The first-order chi connectivity index (χ1) is 16.6. The molecule has 0 bridgehead atoms. The molecule has 1 aliphatic rings. The summed E-state index contributed by atoms with van der Waals surface area (Å²) in [5.41, 5.74) is 1.14. The molecule has 1 N–H and O–H groups in total. The third-order valence-corrected chi connectivity index (χ3v) is 6.74. The van der Waals surface area contributed by atoms with Crippen LogP contribution in [0.2, 0.25) is 0 Å². The minimum Gasteiger partial charge on any atom is -0.493 e. The lowest BCUT2D eigenvalue weighted by Crippen LogP contribution is -2.48. The Bertz CT molecular complexity index is 957. The molecule has 2 heterocycles. The highest BCUT2D eigenvalue weighted by Crippen LogP contribution is 2.35. The van der Waals surface area contributed by atoms with Crippen LogP contribution in [0.25, 0.3) is 0 Å². The van der Waals surface area contributed by atoms with Crippen LogP contribution in [-0.4, -0.2) is 80.0 Å². The van der Waals surface area contributed by atoms with Gasteiger partial charge in [-0.25, -0.2) is 0 Å². The molecule has 0 fully saturated rings. The number of aliphatic hydroxyl groups is 1. The predicted octanol–water partition coefficient (Wildman–Crippen LogP) is 2.98. The van der Waals surface area contributed by atoms with E-state index in [1.54, 1.807) is 18.4 Å². The first-order valence-electron chi connectivity index (χ1n) is 11.6. The molecular formula is C26H34N2O5S. The van der Waals surface area contributed by atoms with Crippen LogP contribution in [0, 0.1) is 12.3 Å². The molecule has 0 spiro atoms. The second-order valence-electron chi connectivity index (χ2n) is 8.22. The summed E-state index contributed by atoms with van der Waals surface area (Å²) in [7, 11) is 1.62. The SMILES string of the molecule is C#CCOCC(O)CN(CCC)CC(=O)N1CCc2sccc2C1COc1ccccc1OC. The van der Waals surface area contributed by atoms with Crippen molar-refractivity contribution >= 4 is 17.2 Å². The van der Waals surface area contributed by atoms with Gasteiger partial charge in [-0.1, -0.05) is 25.0 Å². The normalized spacial score (nSPS) is 16.1. The first-order valence-corrected chi connectivity index (χ1v) is 12.5. The number of thiophene rings is 1. The molecule has 0 saturated heterocycles. The third kappa shape index (κ3) is 6.97. The van der Waals surface area contributed by atoms with Gasteiger partial charge in [0.1, 0.15) is 13.2 Å². The van der Waals surface area contributed by atoms with E-state index in [0.29, 0.717) is 37.7 Å². The van der Waals surface area contributed by atoms with Crippen molar-refractivity contribution in [2.75, 3.05) is 53.1 Å². The monoisotopic (exact) mass is 486 g/mol. The van der Waals surface area contributed by atoms with Crippen LogP contribution in [0.15, 0.2) is 35.7 Å². The van der Waals surface area contributed by atoms with E-state index >= 15 is 0 Å². The molecule has 2 unspecified atom stereocenters. The molecule has 184 valence electrons. The molecule has 1 aliphatic heterocycles.